The van der Waals surface area contributed by atoms with E-state index in [9.17, 15) is 14.7 Å². The second-order valence-electron chi connectivity index (χ2n) is 6.30. The monoisotopic (exact) mass is 279 g/mol. The Morgan fingerprint density at radius 1 is 1.30 bits per heavy atom. The molecular weight excluding hydrogens is 258 g/mol. The number of hydrogen-bond acceptors (Lipinski definition) is 3. The molecule has 1 amide bonds. The molecule has 0 radical (unpaired) electrons. The Morgan fingerprint density at radius 3 is 2.45 bits per heavy atom. The van der Waals surface area contributed by atoms with E-state index >= 15 is 0 Å². The number of fused-ring (bicyclic) bond motifs is 2. The first-order valence-electron chi connectivity index (χ1n) is 7.30. The Labute approximate surface area is 118 Å². The van der Waals surface area contributed by atoms with Crippen LogP contribution in [0.3, 0.4) is 0 Å². The number of carbonyl (C=O) groups excluding carboxylic acids is 1. The highest BCUT2D eigenvalue weighted by Crippen LogP contribution is 2.48. The first-order valence-corrected chi connectivity index (χ1v) is 7.30. The van der Waals surface area contributed by atoms with Gasteiger partial charge in [-0.2, -0.15) is 0 Å². The maximum absolute atomic E-state index is 12.4. The summed E-state index contributed by atoms with van der Waals surface area (Å²) in [6.07, 6.45) is 7.80. The number of carboxylic acid groups (broad SMARTS) is 1. The first-order chi connectivity index (χ1) is 9.56. The number of carbonyl (C=O) groups is 2. The minimum atomic E-state index is -0.855. The zero-order chi connectivity index (χ0) is 14.3. The summed E-state index contributed by atoms with van der Waals surface area (Å²) >= 11 is 0. The predicted octanol–water partition coefficient (Wildman–Crippen LogP) is 1.19. The molecule has 0 aromatic carbocycles. The van der Waals surface area contributed by atoms with Crippen LogP contribution in [0.15, 0.2) is 12.2 Å². The van der Waals surface area contributed by atoms with E-state index in [-0.39, 0.29) is 23.3 Å². The number of hydrogen-bond donors (Lipinski definition) is 2. The van der Waals surface area contributed by atoms with Gasteiger partial charge in [-0.25, -0.2) is 0 Å². The minimum absolute atomic E-state index is 0.0216. The average Bonchev–Trinajstić information content (AvgIpc) is 2.97. The van der Waals surface area contributed by atoms with Crippen LogP contribution in [0.1, 0.15) is 25.7 Å². The van der Waals surface area contributed by atoms with E-state index < -0.39 is 17.8 Å². The second kappa shape index (κ2) is 4.88. The molecule has 3 rings (SSSR count). The van der Waals surface area contributed by atoms with E-state index in [1.807, 2.05) is 12.2 Å². The average molecular weight is 279 g/mol. The lowest BCUT2D eigenvalue weighted by molar-refractivity contribution is -0.148. The fourth-order valence-electron chi connectivity index (χ4n) is 3.91. The van der Waals surface area contributed by atoms with Crippen molar-refractivity contribution in [2.24, 2.45) is 23.7 Å². The Hall–Kier alpha value is -1.36. The highest BCUT2D eigenvalue weighted by atomic mass is 16.5. The quantitative estimate of drug-likeness (QED) is 0.741. The molecule has 5 nitrogen and oxygen atoms in total. The topological polar surface area (TPSA) is 75.6 Å². The zero-order valence-electron chi connectivity index (χ0n) is 11.7. The van der Waals surface area contributed by atoms with Gasteiger partial charge in [-0.3, -0.25) is 9.59 Å². The van der Waals surface area contributed by atoms with Crippen molar-refractivity contribution in [3.05, 3.63) is 12.2 Å². The maximum Gasteiger partial charge on any atom is 0.307 e. The molecule has 0 heterocycles. The Kier molecular flexibility index (Phi) is 3.32. The van der Waals surface area contributed by atoms with Gasteiger partial charge in [0.2, 0.25) is 5.91 Å². The van der Waals surface area contributed by atoms with Gasteiger partial charge in [-0.15, -0.1) is 0 Å². The summed E-state index contributed by atoms with van der Waals surface area (Å²) in [5.74, 6) is -1.86. The van der Waals surface area contributed by atoms with E-state index in [0.717, 1.165) is 25.7 Å². The lowest BCUT2D eigenvalue weighted by Crippen LogP contribution is -2.51. The lowest BCUT2D eigenvalue weighted by atomic mass is 9.79. The van der Waals surface area contributed by atoms with Crippen molar-refractivity contribution in [1.82, 2.24) is 5.32 Å². The molecule has 0 aromatic heterocycles. The fourth-order valence-corrected chi connectivity index (χ4v) is 3.91. The smallest absolute Gasteiger partial charge is 0.307 e. The van der Waals surface area contributed by atoms with Crippen LogP contribution in [0.5, 0.6) is 0 Å². The molecule has 0 aliphatic heterocycles. The standard InChI is InChI=1S/C15H21NO4/c1-20-15(5-2-6-15)8-16-13(17)11-9-3-4-10(7-9)12(11)14(18)19/h3-4,9-12H,2,5-8H2,1H3,(H,16,17)(H,18,19). The highest BCUT2D eigenvalue weighted by molar-refractivity contribution is 5.86. The Balaban J connectivity index is 1.64. The fraction of sp³-hybridized carbons (Fsp3) is 0.733. The third-order valence-electron chi connectivity index (χ3n) is 5.33. The molecule has 4 atom stereocenters. The molecule has 0 saturated heterocycles. The van der Waals surface area contributed by atoms with Gasteiger partial charge < -0.3 is 15.2 Å². The number of aliphatic carboxylic acids is 1. The molecule has 0 aromatic rings. The highest BCUT2D eigenvalue weighted by Gasteiger charge is 2.52. The minimum Gasteiger partial charge on any atom is -0.481 e. The largest absolute Gasteiger partial charge is 0.481 e. The van der Waals surface area contributed by atoms with Crippen molar-refractivity contribution in [3.63, 3.8) is 0 Å². The zero-order valence-corrected chi connectivity index (χ0v) is 11.7. The molecule has 2 fully saturated rings. The van der Waals surface area contributed by atoms with Crippen LogP contribution in [-0.4, -0.2) is 36.2 Å². The van der Waals surface area contributed by atoms with Crippen molar-refractivity contribution < 1.29 is 19.4 Å². The first kappa shape index (κ1) is 13.6. The molecule has 4 unspecified atom stereocenters. The molecule has 2 bridgehead atoms. The van der Waals surface area contributed by atoms with Crippen molar-refractivity contribution in [3.8, 4) is 0 Å². The number of amides is 1. The van der Waals surface area contributed by atoms with Gasteiger partial charge in [0.1, 0.15) is 0 Å². The van der Waals surface area contributed by atoms with Crippen LogP contribution in [0, 0.1) is 23.7 Å². The van der Waals surface area contributed by atoms with Crippen LogP contribution in [-0.2, 0) is 14.3 Å². The van der Waals surface area contributed by atoms with E-state index in [1.165, 1.54) is 0 Å². The Morgan fingerprint density at radius 2 is 1.95 bits per heavy atom. The maximum atomic E-state index is 12.4. The number of carboxylic acids is 1. The van der Waals surface area contributed by atoms with Gasteiger partial charge in [-0.05, 0) is 37.5 Å². The third-order valence-corrected chi connectivity index (χ3v) is 5.33. The van der Waals surface area contributed by atoms with E-state index in [4.69, 9.17) is 4.74 Å². The lowest BCUT2D eigenvalue weighted by Gasteiger charge is -2.41. The predicted molar refractivity (Wildman–Crippen MR) is 72.0 cm³/mol. The summed E-state index contributed by atoms with van der Waals surface area (Å²) in [5, 5.41) is 12.3. The van der Waals surface area contributed by atoms with E-state index in [1.54, 1.807) is 7.11 Å². The molecular formula is C15H21NO4. The third kappa shape index (κ3) is 2.04. The van der Waals surface area contributed by atoms with Crippen LogP contribution in [0.4, 0.5) is 0 Å². The summed E-state index contributed by atoms with van der Waals surface area (Å²) in [6, 6.07) is 0. The molecule has 3 aliphatic carbocycles. The van der Waals surface area contributed by atoms with Crippen LogP contribution >= 0.6 is 0 Å². The molecule has 5 heteroatoms. The SMILES string of the molecule is COC1(CNC(=O)C2C3C=CC(C3)C2C(=O)O)CCC1. The summed E-state index contributed by atoms with van der Waals surface area (Å²) < 4.78 is 5.48. The normalized spacial score (nSPS) is 36.6. The molecule has 0 spiro atoms. The summed E-state index contributed by atoms with van der Waals surface area (Å²) in [5.41, 5.74) is -0.220. The number of nitrogens with one attached hydrogen (secondary N) is 1. The van der Waals surface area contributed by atoms with Crippen LogP contribution < -0.4 is 5.32 Å². The number of allylic oxidation sites excluding steroid dienone is 2. The number of methoxy groups -OCH3 is 1. The summed E-state index contributed by atoms with van der Waals surface area (Å²) in [4.78, 5) is 23.8. The molecule has 2 N–H and O–H groups in total. The second-order valence-corrected chi connectivity index (χ2v) is 6.30. The summed E-state index contributed by atoms with van der Waals surface area (Å²) in [7, 11) is 1.67. The number of ether oxygens (including phenoxy) is 1. The summed E-state index contributed by atoms with van der Waals surface area (Å²) in [6.45, 7) is 0.492. The van der Waals surface area contributed by atoms with Gasteiger partial charge in [0.15, 0.2) is 0 Å². The van der Waals surface area contributed by atoms with Gasteiger partial charge in [0.05, 0.1) is 17.4 Å². The van der Waals surface area contributed by atoms with Crippen molar-refractivity contribution in [2.75, 3.05) is 13.7 Å². The van der Waals surface area contributed by atoms with Crippen molar-refractivity contribution in [1.29, 1.82) is 0 Å². The number of rotatable bonds is 5. The van der Waals surface area contributed by atoms with Crippen molar-refractivity contribution in [2.45, 2.75) is 31.3 Å². The molecule has 20 heavy (non-hydrogen) atoms. The van der Waals surface area contributed by atoms with Crippen molar-refractivity contribution >= 4 is 11.9 Å². The van der Waals surface area contributed by atoms with Crippen LogP contribution in [0.2, 0.25) is 0 Å². The van der Waals surface area contributed by atoms with Gasteiger partial charge in [0.25, 0.3) is 0 Å². The van der Waals surface area contributed by atoms with Crippen LogP contribution in [0.25, 0.3) is 0 Å². The van der Waals surface area contributed by atoms with Gasteiger partial charge in [-0.1, -0.05) is 12.2 Å². The Bertz CT molecular complexity index is 449. The van der Waals surface area contributed by atoms with E-state index in [0.29, 0.717) is 6.54 Å². The van der Waals surface area contributed by atoms with E-state index in [2.05, 4.69) is 5.32 Å². The van der Waals surface area contributed by atoms with Gasteiger partial charge >= 0.3 is 5.97 Å². The molecule has 2 saturated carbocycles. The van der Waals surface area contributed by atoms with Gasteiger partial charge in [0, 0.05) is 13.7 Å². The molecule has 3 aliphatic rings. The molecule has 110 valence electrons.